The zero-order chi connectivity index (χ0) is 21.3. The topological polar surface area (TPSA) is 98.7 Å². The van der Waals surface area contributed by atoms with Crippen LogP contribution in [0.25, 0.3) is 0 Å². The number of para-hydroxylation sites is 1. The zero-order valence-corrected chi connectivity index (χ0v) is 17.4. The number of amides is 2. The lowest BCUT2D eigenvalue weighted by Crippen LogP contribution is -2.50. The van der Waals surface area contributed by atoms with Gasteiger partial charge in [0.15, 0.2) is 5.96 Å². The molecule has 0 radical (unpaired) electrons. The first-order chi connectivity index (χ1) is 14.6. The molecule has 1 heterocycles. The maximum Gasteiger partial charge on any atom is 0.324 e. The van der Waals surface area contributed by atoms with Crippen molar-refractivity contribution in [3.05, 3.63) is 54.1 Å². The third kappa shape index (κ3) is 5.56. The number of hydrogen-bond donors (Lipinski definition) is 4. The molecular formula is C22H29N5O3. The smallest absolute Gasteiger partial charge is 0.324 e. The Kier molecular flexibility index (Phi) is 7.37. The maximum atomic E-state index is 12.5. The highest BCUT2D eigenvalue weighted by atomic mass is 16.5. The number of anilines is 1. The highest BCUT2D eigenvalue weighted by Crippen LogP contribution is 2.27. The normalized spacial score (nSPS) is 14.0. The van der Waals surface area contributed by atoms with Gasteiger partial charge >= 0.3 is 6.03 Å². The molecule has 4 N–H and O–H groups in total. The third-order valence-corrected chi connectivity index (χ3v) is 5.13. The van der Waals surface area contributed by atoms with Gasteiger partial charge in [0.1, 0.15) is 11.5 Å². The Labute approximate surface area is 177 Å². The van der Waals surface area contributed by atoms with E-state index >= 15 is 0 Å². The number of urea groups is 1. The Balaban J connectivity index is 1.45. The van der Waals surface area contributed by atoms with Crippen molar-refractivity contribution in [3.8, 4) is 11.5 Å². The molecule has 0 aliphatic carbocycles. The van der Waals surface area contributed by atoms with Gasteiger partial charge in [-0.3, -0.25) is 10.7 Å². The Morgan fingerprint density at radius 2 is 1.67 bits per heavy atom. The predicted molar refractivity (Wildman–Crippen MR) is 117 cm³/mol. The molecule has 8 heteroatoms. The van der Waals surface area contributed by atoms with Crippen LogP contribution in [0.2, 0.25) is 0 Å². The molecule has 3 rings (SSSR count). The van der Waals surface area contributed by atoms with E-state index in [-0.39, 0.29) is 12.0 Å². The molecule has 2 aromatic carbocycles. The Morgan fingerprint density at radius 1 is 1.03 bits per heavy atom. The first-order valence-electron chi connectivity index (χ1n) is 10.0. The van der Waals surface area contributed by atoms with Crippen LogP contribution in [0.4, 0.5) is 10.5 Å². The monoisotopic (exact) mass is 411 g/mol. The van der Waals surface area contributed by atoms with Crippen molar-refractivity contribution in [3.63, 3.8) is 0 Å². The molecular weight excluding hydrogens is 382 g/mol. The Hall–Kier alpha value is -3.42. The summed E-state index contributed by atoms with van der Waals surface area (Å²) in [6, 6.07) is 15.7. The van der Waals surface area contributed by atoms with Gasteiger partial charge in [-0.25, -0.2) is 4.79 Å². The van der Waals surface area contributed by atoms with E-state index in [9.17, 15) is 4.79 Å². The summed E-state index contributed by atoms with van der Waals surface area (Å²) in [6.07, 6.45) is 1.73. The van der Waals surface area contributed by atoms with E-state index in [1.807, 2.05) is 48.5 Å². The minimum Gasteiger partial charge on any atom is -0.496 e. The third-order valence-electron chi connectivity index (χ3n) is 5.13. The number of hydrogen-bond acceptors (Lipinski definition) is 5. The van der Waals surface area contributed by atoms with Gasteiger partial charge in [0, 0.05) is 24.8 Å². The summed E-state index contributed by atoms with van der Waals surface area (Å²) in [4.78, 5) is 14.2. The quantitative estimate of drug-likeness (QED) is 0.433. The minimum absolute atomic E-state index is 0.0579. The van der Waals surface area contributed by atoms with Crippen molar-refractivity contribution in [2.75, 3.05) is 32.6 Å². The fraction of sp³-hybridized carbons (Fsp3) is 0.364. The number of ether oxygens (including phenoxy) is 2. The van der Waals surface area contributed by atoms with Crippen molar-refractivity contribution in [1.82, 2.24) is 15.5 Å². The van der Waals surface area contributed by atoms with E-state index in [1.54, 1.807) is 19.1 Å². The largest absolute Gasteiger partial charge is 0.496 e. The second kappa shape index (κ2) is 10.4. The van der Waals surface area contributed by atoms with Crippen molar-refractivity contribution in [1.29, 1.82) is 5.41 Å². The molecule has 1 aliphatic heterocycles. The highest BCUT2D eigenvalue weighted by Gasteiger charge is 2.23. The lowest BCUT2D eigenvalue weighted by molar-refractivity contribution is 0.188. The van der Waals surface area contributed by atoms with Crippen LogP contribution in [-0.4, -0.2) is 50.2 Å². The maximum absolute atomic E-state index is 12.5. The summed E-state index contributed by atoms with van der Waals surface area (Å²) in [7, 11) is 3.17. The molecule has 0 unspecified atom stereocenters. The number of nitrogens with zero attached hydrogens (tertiary/aromatic N) is 1. The lowest BCUT2D eigenvalue weighted by Gasteiger charge is -2.33. The fourth-order valence-corrected chi connectivity index (χ4v) is 3.51. The number of carbonyl (C=O) groups excluding carboxylic acids is 1. The number of methoxy groups -OCH3 is 2. The molecule has 2 aromatic rings. The van der Waals surface area contributed by atoms with Crippen LogP contribution in [0.1, 0.15) is 18.4 Å². The number of rotatable bonds is 6. The molecule has 0 bridgehead atoms. The molecule has 160 valence electrons. The fourth-order valence-electron chi connectivity index (χ4n) is 3.51. The average molecular weight is 412 g/mol. The summed E-state index contributed by atoms with van der Waals surface area (Å²) in [6.45, 7) is 1.59. The van der Waals surface area contributed by atoms with Crippen molar-refractivity contribution in [2.24, 2.45) is 0 Å². The summed E-state index contributed by atoms with van der Waals surface area (Å²) >= 11 is 0. The van der Waals surface area contributed by atoms with Crippen LogP contribution in [0, 0.1) is 5.41 Å². The molecule has 1 saturated heterocycles. The second-order valence-corrected chi connectivity index (χ2v) is 7.07. The minimum atomic E-state index is -0.266. The van der Waals surface area contributed by atoms with E-state index in [4.69, 9.17) is 14.9 Å². The van der Waals surface area contributed by atoms with Crippen LogP contribution < -0.4 is 25.4 Å². The van der Waals surface area contributed by atoms with Gasteiger partial charge < -0.3 is 25.0 Å². The summed E-state index contributed by atoms with van der Waals surface area (Å²) in [5, 5.41) is 17.1. The SMILES string of the molecule is COc1cccc(OC)c1CNC(=N)NC(=O)N1CCC(Nc2ccccc2)CC1. The predicted octanol–water partition coefficient (Wildman–Crippen LogP) is 3.01. The number of guanidine groups is 1. The summed E-state index contributed by atoms with van der Waals surface area (Å²) < 4.78 is 10.7. The molecule has 0 saturated carbocycles. The molecule has 30 heavy (non-hydrogen) atoms. The van der Waals surface area contributed by atoms with Gasteiger partial charge in [-0.2, -0.15) is 0 Å². The summed E-state index contributed by atoms with van der Waals surface area (Å²) in [5.41, 5.74) is 1.88. The summed E-state index contributed by atoms with van der Waals surface area (Å²) in [5.74, 6) is 1.26. The number of likely N-dealkylation sites (tertiary alicyclic amines) is 1. The van der Waals surface area contributed by atoms with Gasteiger partial charge in [0.25, 0.3) is 0 Å². The van der Waals surface area contributed by atoms with Crippen LogP contribution in [0.15, 0.2) is 48.5 Å². The van der Waals surface area contributed by atoms with E-state index in [1.165, 1.54) is 0 Å². The van der Waals surface area contributed by atoms with Crippen LogP contribution >= 0.6 is 0 Å². The number of carbonyl (C=O) groups is 1. The van der Waals surface area contributed by atoms with Gasteiger partial charge in [-0.05, 0) is 37.1 Å². The molecule has 0 atom stereocenters. The first kappa shape index (κ1) is 21.3. The van der Waals surface area contributed by atoms with E-state index in [2.05, 4.69) is 16.0 Å². The van der Waals surface area contributed by atoms with Gasteiger partial charge in [0.05, 0.1) is 26.3 Å². The van der Waals surface area contributed by atoms with Crippen molar-refractivity contribution in [2.45, 2.75) is 25.4 Å². The first-order valence-corrected chi connectivity index (χ1v) is 10.0. The molecule has 1 aliphatic rings. The van der Waals surface area contributed by atoms with Crippen LogP contribution in [0.3, 0.4) is 0 Å². The second-order valence-electron chi connectivity index (χ2n) is 7.07. The molecule has 0 aromatic heterocycles. The molecule has 0 spiro atoms. The molecule has 1 fully saturated rings. The Bertz CT molecular complexity index is 829. The molecule has 8 nitrogen and oxygen atoms in total. The van der Waals surface area contributed by atoms with E-state index in [0.29, 0.717) is 37.2 Å². The molecule has 2 amide bonds. The highest BCUT2D eigenvalue weighted by molar-refractivity contribution is 5.94. The number of nitrogens with one attached hydrogen (secondary N) is 4. The van der Waals surface area contributed by atoms with Crippen LogP contribution in [-0.2, 0) is 6.54 Å². The number of piperidine rings is 1. The lowest BCUT2D eigenvalue weighted by atomic mass is 10.0. The van der Waals surface area contributed by atoms with E-state index < -0.39 is 0 Å². The average Bonchev–Trinajstić information content (AvgIpc) is 2.78. The number of benzene rings is 2. The van der Waals surface area contributed by atoms with Gasteiger partial charge in [-0.1, -0.05) is 24.3 Å². The standard InChI is InChI=1S/C22H29N5O3/c1-29-19-9-6-10-20(30-2)18(19)15-24-21(23)26-22(28)27-13-11-17(12-14-27)25-16-7-4-3-5-8-16/h3-10,17,25H,11-15H2,1-2H3,(H3,23,24,26,28). The van der Waals surface area contributed by atoms with Crippen LogP contribution in [0.5, 0.6) is 11.5 Å². The van der Waals surface area contributed by atoms with Crippen molar-refractivity contribution < 1.29 is 14.3 Å². The Morgan fingerprint density at radius 3 is 2.27 bits per heavy atom. The van der Waals surface area contributed by atoms with Gasteiger partial charge in [0.2, 0.25) is 0 Å². The van der Waals surface area contributed by atoms with E-state index in [0.717, 1.165) is 24.1 Å². The van der Waals surface area contributed by atoms with Gasteiger partial charge in [-0.15, -0.1) is 0 Å². The van der Waals surface area contributed by atoms with Crippen molar-refractivity contribution >= 4 is 17.7 Å². The zero-order valence-electron chi connectivity index (χ0n) is 17.4.